The van der Waals surface area contributed by atoms with E-state index in [1.54, 1.807) is 31.4 Å². The molecule has 21 heavy (non-hydrogen) atoms. The number of ether oxygens (including phenoxy) is 2. The van der Waals surface area contributed by atoms with Crippen LogP contribution < -0.4 is 15.6 Å². The van der Waals surface area contributed by atoms with Gasteiger partial charge in [-0.05, 0) is 32.9 Å². The van der Waals surface area contributed by atoms with Crippen LogP contribution in [0.4, 0.5) is 0 Å². The van der Waals surface area contributed by atoms with Crippen LogP contribution in [0.15, 0.2) is 30.9 Å². The van der Waals surface area contributed by atoms with Gasteiger partial charge in [-0.1, -0.05) is 12.1 Å². The first-order valence-electron chi connectivity index (χ1n) is 6.81. The molecule has 1 aromatic rings. The Hall–Kier alpha value is -1.85. The standard InChI is InChI=1S/C16H24N2O3/c1-6-10-21-11-13-12(8-7-9-14(13)20-5)15(19)17-18-16(2,3)4/h6-9,18H,1,10-11H2,2-5H3,(H,17,19). The van der Waals surface area contributed by atoms with Gasteiger partial charge in [-0.3, -0.25) is 10.2 Å². The van der Waals surface area contributed by atoms with E-state index in [0.717, 1.165) is 5.56 Å². The van der Waals surface area contributed by atoms with Crippen molar-refractivity contribution in [2.45, 2.75) is 32.9 Å². The van der Waals surface area contributed by atoms with Gasteiger partial charge in [0.15, 0.2) is 0 Å². The van der Waals surface area contributed by atoms with Crippen LogP contribution in [-0.4, -0.2) is 25.2 Å². The Kier molecular flexibility index (Phi) is 6.39. The largest absolute Gasteiger partial charge is 0.496 e. The van der Waals surface area contributed by atoms with Crippen molar-refractivity contribution in [1.29, 1.82) is 0 Å². The molecule has 0 saturated heterocycles. The van der Waals surface area contributed by atoms with Crippen LogP contribution in [0.3, 0.4) is 0 Å². The number of rotatable bonds is 7. The van der Waals surface area contributed by atoms with Crippen molar-refractivity contribution in [3.8, 4) is 5.75 Å². The van der Waals surface area contributed by atoms with Crippen LogP contribution in [0.2, 0.25) is 0 Å². The molecule has 5 nitrogen and oxygen atoms in total. The fourth-order valence-electron chi connectivity index (χ4n) is 1.67. The first-order chi connectivity index (χ1) is 9.89. The smallest absolute Gasteiger partial charge is 0.265 e. The highest BCUT2D eigenvalue weighted by atomic mass is 16.5. The first-order valence-corrected chi connectivity index (χ1v) is 6.81. The summed E-state index contributed by atoms with van der Waals surface area (Å²) < 4.78 is 10.8. The third-order valence-electron chi connectivity index (χ3n) is 2.63. The van der Waals surface area contributed by atoms with Gasteiger partial charge in [0.25, 0.3) is 5.91 Å². The van der Waals surface area contributed by atoms with Crippen LogP contribution in [0.25, 0.3) is 0 Å². The second kappa shape index (κ2) is 7.81. The number of hydrogen-bond donors (Lipinski definition) is 2. The molecular weight excluding hydrogens is 268 g/mol. The zero-order valence-electron chi connectivity index (χ0n) is 13.2. The third kappa shape index (κ3) is 5.57. The predicted molar refractivity (Wildman–Crippen MR) is 83.2 cm³/mol. The molecule has 0 radical (unpaired) electrons. The van der Waals surface area contributed by atoms with Gasteiger partial charge in [0.1, 0.15) is 5.75 Å². The van der Waals surface area contributed by atoms with Crippen LogP contribution >= 0.6 is 0 Å². The summed E-state index contributed by atoms with van der Waals surface area (Å²) in [5, 5.41) is 0. The lowest BCUT2D eigenvalue weighted by molar-refractivity contribution is 0.0906. The highest BCUT2D eigenvalue weighted by molar-refractivity contribution is 5.96. The second-order valence-electron chi connectivity index (χ2n) is 5.62. The molecule has 5 heteroatoms. The number of hydrazine groups is 1. The van der Waals surface area contributed by atoms with E-state index in [2.05, 4.69) is 17.4 Å². The van der Waals surface area contributed by atoms with Gasteiger partial charge < -0.3 is 9.47 Å². The monoisotopic (exact) mass is 292 g/mol. The van der Waals surface area contributed by atoms with E-state index in [4.69, 9.17) is 9.47 Å². The lowest BCUT2D eigenvalue weighted by Gasteiger charge is -2.22. The summed E-state index contributed by atoms with van der Waals surface area (Å²) in [5.74, 6) is 0.406. The van der Waals surface area contributed by atoms with Gasteiger partial charge in [-0.25, -0.2) is 5.43 Å². The molecule has 0 bridgehead atoms. The van der Waals surface area contributed by atoms with E-state index in [1.807, 2.05) is 20.8 Å². The molecule has 0 atom stereocenters. The molecule has 0 aliphatic rings. The van der Waals surface area contributed by atoms with E-state index >= 15 is 0 Å². The molecule has 0 heterocycles. The number of carbonyl (C=O) groups excluding carboxylic acids is 1. The number of benzene rings is 1. The molecule has 0 unspecified atom stereocenters. The SMILES string of the molecule is C=CCOCc1c(OC)cccc1C(=O)NNC(C)(C)C. The number of amides is 1. The Morgan fingerprint density at radius 1 is 1.38 bits per heavy atom. The van der Waals surface area contributed by atoms with Crippen LogP contribution in [0.1, 0.15) is 36.7 Å². The van der Waals surface area contributed by atoms with E-state index in [-0.39, 0.29) is 18.1 Å². The van der Waals surface area contributed by atoms with Crippen molar-refractivity contribution in [2.24, 2.45) is 0 Å². The summed E-state index contributed by atoms with van der Waals surface area (Å²) in [7, 11) is 1.57. The van der Waals surface area contributed by atoms with E-state index in [1.165, 1.54) is 0 Å². The molecule has 0 aliphatic heterocycles. The molecule has 2 N–H and O–H groups in total. The third-order valence-corrected chi connectivity index (χ3v) is 2.63. The van der Waals surface area contributed by atoms with Gasteiger partial charge >= 0.3 is 0 Å². The summed E-state index contributed by atoms with van der Waals surface area (Å²) in [6.07, 6.45) is 1.66. The Bertz CT molecular complexity index is 493. The van der Waals surface area contributed by atoms with Crippen molar-refractivity contribution in [2.75, 3.05) is 13.7 Å². The number of carbonyl (C=O) groups is 1. The van der Waals surface area contributed by atoms with Crippen molar-refractivity contribution in [3.05, 3.63) is 42.0 Å². The Balaban J connectivity index is 2.93. The second-order valence-corrected chi connectivity index (χ2v) is 5.62. The number of hydrogen-bond acceptors (Lipinski definition) is 4. The molecule has 1 amide bonds. The van der Waals surface area contributed by atoms with E-state index < -0.39 is 0 Å². The van der Waals surface area contributed by atoms with Gasteiger partial charge in [0.05, 0.1) is 20.3 Å². The average molecular weight is 292 g/mol. The predicted octanol–water partition coefficient (Wildman–Crippen LogP) is 2.43. The zero-order valence-corrected chi connectivity index (χ0v) is 13.2. The molecule has 1 aromatic carbocycles. The summed E-state index contributed by atoms with van der Waals surface area (Å²) in [4.78, 5) is 12.3. The minimum absolute atomic E-state index is 0.214. The van der Waals surface area contributed by atoms with Gasteiger partial charge in [0, 0.05) is 16.7 Å². The average Bonchev–Trinajstić information content (AvgIpc) is 2.44. The lowest BCUT2D eigenvalue weighted by atomic mass is 10.1. The topological polar surface area (TPSA) is 59.6 Å². The summed E-state index contributed by atoms with van der Waals surface area (Å²) in [6, 6.07) is 5.33. The Morgan fingerprint density at radius 2 is 2.10 bits per heavy atom. The van der Waals surface area contributed by atoms with Gasteiger partial charge in [-0.15, -0.1) is 6.58 Å². The van der Waals surface area contributed by atoms with Gasteiger partial charge in [-0.2, -0.15) is 0 Å². The Labute approximate surface area is 126 Å². The molecule has 0 spiro atoms. The normalized spacial score (nSPS) is 11.0. The summed E-state index contributed by atoms with van der Waals surface area (Å²) in [5.41, 5.74) is 6.68. The molecular formula is C16H24N2O3. The van der Waals surface area contributed by atoms with Crippen molar-refractivity contribution in [3.63, 3.8) is 0 Å². The maximum absolute atomic E-state index is 12.3. The fourth-order valence-corrected chi connectivity index (χ4v) is 1.67. The number of nitrogens with one attached hydrogen (secondary N) is 2. The maximum atomic E-state index is 12.3. The molecule has 0 saturated carbocycles. The van der Waals surface area contributed by atoms with Crippen LogP contribution in [0, 0.1) is 0 Å². The Morgan fingerprint density at radius 3 is 2.67 bits per heavy atom. The number of methoxy groups -OCH3 is 1. The summed E-state index contributed by atoms with van der Waals surface area (Å²) >= 11 is 0. The van der Waals surface area contributed by atoms with Crippen molar-refractivity contribution < 1.29 is 14.3 Å². The highest BCUT2D eigenvalue weighted by Crippen LogP contribution is 2.23. The maximum Gasteiger partial charge on any atom is 0.265 e. The first kappa shape index (κ1) is 17.2. The van der Waals surface area contributed by atoms with Crippen LogP contribution in [0.5, 0.6) is 5.75 Å². The fraction of sp³-hybridized carbons (Fsp3) is 0.438. The quantitative estimate of drug-likeness (QED) is 0.460. The molecule has 0 aliphatic carbocycles. The van der Waals surface area contributed by atoms with Gasteiger partial charge in [0.2, 0.25) is 0 Å². The molecule has 0 aromatic heterocycles. The molecule has 1 rings (SSSR count). The zero-order chi connectivity index (χ0) is 15.9. The van der Waals surface area contributed by atoms with Crippen molar-refractivity contribution >= 4 is 5.91 Å². The summed E-state index contributed by atoms with van der Waals surface area (Å²) in [6.45, 7) is 10.2. The lowest BCUT2D eigenvalue weighted by Crippen LogP contribution is -2.48. The minimum Gasteiger partial charge on any atom is -0.496 e. The van der Waals surface area contributed by atoms with E-state index in [0.29, 0.717) is 17.9 Å². The van der Waals surface area contributed by atoms with E-state index in [9.17, 15) is 4.79 Å². The molecule has 0 fully saturated rings. The molecule has 116 valence electrons. The minimum atomic E-state index is -0.221. The van der Waals surface area contributed by atoms with Crippen molar-refractivity contribution in [1.82, 2.24) is 10.9 Å². The highest BCUT2D eigenvalue weighted by Gasteiger charge is 2.17. The van der Waals surface area contributed by atoms with Crippen LogP contribution in [-0.2, 0) is 11.3 Å².